The van der Waals surface area contributed by atoms with E-state index < -0.39 is 74.3 Å². The van der Waals surface area contributed by atoms with E-state index in [-0.39, 0.29) is 10.8 Å². The summed E-state index contributed by atoms with van der Waals surface area (Å²) in [5.41, 5.74) is 0. The highest BCUT2D eigenvalue weighted by Gasteiger charge is 2.48. The molecule has 2 saturated heterocycles. The SMILES string of the molecule is OC[C@H]1O[C@@H](c2nsc([C@@H]3O[C@H](CO)[C@H](O)[C@H](O)[C@H]3O)n2)[C@H](O)[C@@H](O)[C@H]1O. The van der Waals surface area contributed by atoms with Gasteiger partial charge in [0.05, 0.1) is 13.2 Å². The highest BCUT2D eigenvalue weighted by atomic mass is 32.1. The Bertz CT molecular complexity index is 580. The second kappa shape index (κ2) is 8.26. The molecule has 2 aliphatic heterocycles. The first kappa shape index (κ1) is 20.9. The van der Waals surface area contributed by atoms with E-state index in [0.29, 0.717) is 0 Å². The zero-order valence-corrected chi connectivity index (χ0v) is 14.7. The zero-order valence-electron chi connectivity index (χ0n) is 13.9. The van der Waals surface area contributed by atoms with Crippen LogP contribution in [0.25, 0.3) is 0 Å². The summed E-state index contributed by atoms with van der Waals surface area (Å²) in [6.07, 6.45) is -14.0. The van der Waals surface area contributed by atoms with E-state index in [1.54, 1.807) is 0 Å². The van der Waals surface area contributed by atoms with Crippen molar-refractivity contribution < 1.29 is 50.3 Å². The van der Waals surface area contributed by atoms with Crippen LogP contribution < -0.4 is 0 Å². The third-order valence-electron chi connectivity index (χ3n) is 4.74. The monoisotopic (exact) mass is 410 g/mol. The van der Waals surface area contributed by atoms with Crippen LogP contribution in [0, 0.1) is 0 Å². The Kier molecular flexibility index (Phi) is 6.39. The fourth-order valence-corrected chi connectivity index (χ4v) is 3.86. The Balaban J connectivity index is 1.82. The minimum absolute atomic E-state index is 0.0798. The third-order valence-corrected chi connectivity index (χ3v) is 5.53. The van der Waals surface area contributed by atoms with Gasteiger partial charge in [-0.15, -0.1) is 0 Å². The molecule has 0 radical (unpaired) electrons. The van der Waals surface area contributed by atoms with Gasteiger partial charge in [0.25, 0.3) is 0 Å². The third kappa shape index (κ3) is 3.73. The van der Waals surface area contributed by atoms with Crippen molar-refractivity contribution in [2.45, 2.75) is 61.0 Å². The summed E-state index contributed by atoms with van der Waals surface area (Å²) in [5.74, 6) is -0.0798. The molecule has 0 saturated carbocycles. The van der Waals surface area contributed by atoms with Gasteiger partial charge in [-0.05, 0) is 11.5 Å². The molecule has 10 atom stereocenters. The number of rotatable bonds is 4. The Morgan fingerprint density at radius 1 is 0.704 bits per heavy atom. The molecule has 0 aromatic carbocycles. The van der Waals surface area contributed by atoms with E-state index in [2.05, 4.69) is 9.36 Å². The van der Waals surface area contributed by atoms with E-state index in [1.807, 2.05) is 0 Å². The molecular formula is C14H22N2O10S. The fraction of sp³-hybridized carbons (Fsp3) is 0.857. The van der Waals surface area contributed by atoms with Crippen LogP contribution in [0.15, 0.2) is 0 Å². The molecule has 2 fully saturated rings. The summed E-state index contributed by atoms with van der Waals surface area (Å²) in [6, 6.07) is 0. The van der Waals surface area contributed by atoms with Crippen molar-refractivity contribution >= 4 is 11.5 Å². The first-order chi connectivity index (χ1) is 12.8. The van der Waals surface area contributed by atoms with Crippen LogP contribution in [-0.4, -0.2) is 112 Å². The van der Waals surface area contributed by atoms with E-state index in [1.165, 1.54) is 0 Å². The van der Waals surface area contributed by atoms with Crippen LogP contribution in [-0.2, 0) is 9.47 Å². The number of hydrogen-bond donors (Lipinski definition) is 8. The quantitative estimate of drug-likeness (QED) is 0.237. The minimum atomic E-state index is -1.60. The van der Waals surface area contributed by atoms with Crippen molar-refractivity contribution in [3.63, 3.8) is 0 Å². The predicted octanol–water partition coefficient (Wildman–Crippen LogP) is -4.43. The van der Waals surface area contributed by atoms with Gasteiger partial charge in [0.15, 0.2) is 5.82 Å². The van der Waals surface area contributed by atoms with Gasteiger partial charge in [-0.1, -0.05) is 0 Å². The molecule has 3 rings (SSSR count). The first-order valence-corrected chi connectivity index (χ1v) is 9.02. The molecule has 0 unspecified atom stereocenters. The molecule has 8 N–H and O–H groups in total. The molecule has 13 heteroatoms. The van der Waals surface area contributed by atoms with E-state index in [9.17, 15) is 40.9 Å². The van der Waals surface area contributed by atoms with Crippen LogP contribution in [0.4, 0.5) is 0 Å². The number of nitrogens with zero attached hydrogens (tertiary/aromatic N) is 2. The van der Waals surface area contributed by atoms with Crippen molar-refractivity contribution in [2.24, 2.45) is 0 Å². The summed E-state index contributed by atoms with van der Waals surface area (Å²) in [7, 11) is 0. The molecule has 2 aliphatic rings. The first-order valence-electron chi connectivity index (χ1n) is 8.24. The second-order valence-corrected chi connectivity index (χ2v) is 7.27. The smallest absolute Gasteiger partial charge is 0.174 e. The van der Waals surface area contributed by atoms with Crippen molar-refractivity contribution in [2.75, 3.05) is 13.2 Å². The molecule has 3 heterocycles. The maximum absolute atomic E-state index is 10.1. The summed E-state index contributed by atoms with van der Waals surface area (Å²) >= 11 is 0.764. The summed E-state index contributed by atoms with van der Waals surface area (Å²) in [4.78, 5) is 4.10. The lowest BCUT2D eigenvalue weighted by atomic mass is 9.94. The number of hydrogen-bond acceptors (Lipinski definition) is 13. The molecule has 1 aromatic rings. The van der Waals surface area contributed by atoms with Crippen LogP contribution in [0.5, 0.6) is 0 Å². The van der Waals surface area contributed by atoms with Gasteiger partial charge < -0.3 is 50.3 Å². The van der Waals surface area contributed by atoms with Gasteiger partial charge in [0.2, 0.25) is 0 Å². The molecule has 27 heavy (non-hydrogen) atoms. The summed E-state index contributed by atoms with van der Waals surface area (Å²) < 4.78 is 14.7. The normalized spacial score (nSPS) is 45.8. The zero-order chi connectivity index (χ0) is 19.9. The number of ether oxygens (including phenoxy) is 2. The lowest BCUT2D eigenvalue weighted by Crippen LogP contribution is -2.55. The molecule has 154 valence electrons. The van der Waals surface area contributed by atoms with Crippen LogP contribution >= 0.6 is 11.5 Å². The van der Waals surface area contributed by atoms with Crippen LogP contribution in [0.2, 0.25) is 0 Å². The van der Waals surface area contributed by atoms with Gasteiger partial charge in [0, 0.05) is 0 Å². The van der Waals surface area contributed by atoms with Crippen LogP contribution in [0.3, 0.4) is 0 Å². The Morgan fingerprint density at radius 3 is 1.70 bits per heavy atom. The average molecular weight is 410 g/mol. The fourth-order valence-electron chi connectivity index (χ4n) is 3.10. The Morgan fingerprint density at radius 2 is 1.19 bits per heavy atom. The molecular weight excluding hydrogens is 388 g/mol. The van der Waals surface area contributed by atoms with Gasteiger partial charge in [0.1, 0.15) is 66.0 Å². The lowest BCUT2D eigenvalue weighted by Gasteiger charge is -2.39. The highest BCUT2D eigenvalue weighted by Crippen LogP contribution is 2.36. The van der Waals surface area contributed by atoms with Gasteiger partial charge >= 0.3 is 0 Å². The van der Waals surface area contributed by atoms with E-state index in [4.69, 9.17) is 9.47 Å². The van der Waals surface area contributed by atoms with Crippen LogP contribution in [0.1, 0.15) is 23.0 Å². The molecule has 0 aliphatic carbocycles. The van der Waals surface area contributed by atoms with Crippen molar-refractivity contribution in [3.05, 3.63) is 10.8 Å². The predicted molar refractivity (Wildman–Crippen MR) is 85.3 cm³/mol. The molecule has 0 spiro atoms. The van der Waals surface area contributed by atoms with E-state index >= 15 is 0 Å². The topological polar surface area (TPSA) is 206 Å². The molecule has 0 bridgehead atoms. The Labute approximate surface area is 157 Å². The second-order valence-electron chi connectivity index (χ2n) is 6.49. The maximum Gasteiger partial charge on any atom is 0.174 e. The maximum atomic E-state index is 10.1. The lowest BCUT2D eigenvalue weighted by molar-refractivity contribution is -0.234. The standard InChI is InChI=1S/C14H22N2O10S/c17-1-3-5(19)7(21)9(23)11(25-3)13-15-14(27-16-13)12-10(24)8(22)6(20)4(2-18)26-12/h3-12,17-24H,1-2H2/t3-,4-,5+,6+,7+,8+,9-,10-,11-,12-/m1/s1. The molecule has 12 nitrogen and oxygen atoms in total. The van der Waals surface area contributed by atoms with Crippen molar-refractivity contribution in [3.8, 4) is 0 Å². The number of aliphatic hydroxyl groups excluding tert-OH is 8. The van der Waals surface area contributed by atoms with Crippen molar-refractivity contribution in [1.29, 1.82) is 0 Å². The molecule has 0 amide bonds. The number of aliphatic hydroxyl groups is 8. The number of aromatic nitrogens is 2. The largest absolute Gasteiger partial charge is 0.394 e. The minimum Gasteiger partial charge on any atom is -0.394 e. The summed E-state index contributed by atoms with van der Waals surface area (Å²) in [6.45, 7) is -1.20. The average Bonchev–Trinajstić information content (AvgIpc) is 3.14. The van der Waals surface area contributed by atoms with Crippen molar-refractivity contribution in [1.82, 2.24) is 9.36 Å². The van der Waals surface area contributed by atoms with Gasteiger partial charge in [-0.2, -0.15) is 4.37 Å². The van der Waals surface area contributed by atoms with E-state index in [0.717, 1.165) is 11.5 Å². The van der Waals surface area contributed by atoms with Gasteiger partial charge in [-0.3, -0.25) is 0 Å². The van der Waals surface area contributed by atoms with Gasteiger partial charge in [-0.25, -0.2) is 4.98 Å². The highest BCUT2D eigenvalue weighted by molar-refractivity contribution is 7.05. The summed E-state index contributed by atoms with van der Waals surface area (Å²) in [5, 5.41) is 78.2. The Hall–Kier alpha value is -0.840. The molecule has 1 aromatic heterocycles.